The van der Waals surface area contributed by atoms with Crippen molar-refractivity contribution >= 4 is 33.0 Å². The lowest BCUT2D eigenvalue weighted by molar-refractivity contribution is -0.0466. The van der Waals surface area contributed by atoms with Crippen LogP contribution >= 0.6 is 11.6 Å². The number of nitrogens with one attached hydrogen (secondary N) is 1. The van der Waals surface area contributed by atoms with E-state index in [4.69, 9.17) is 11.6 Å². The number of carbonyl (C=O) groups is 1. The maximum Gasteiger partial charge on any atom is 0.255 e. The molecule has 0 saturated heterocycles. The summed E-state index contributed by atoms with van der Waals surface area (Å²) in [7, 11) is -3.91. The fraction of sp³-hybridized carbons (Fsp3) is 0.345. The molecule has 2 aliphatic rings. The van der Waals surface area contributed by atoms with E-state index in [9.17, 15) is 27.1 Å². The summed E-state index contributed by atoms with van der Waals surface area (Å²) in [5.41, 5.74) is -0.447. The van der Waals surface area contributed by atoms with Crippen LogP contribution in [0.2, 0.25) is 5.02 Å². The van der Waals surface area contributed by atoms with Crippen LogP contribution in [0.1, 0.15) is 43.5 Å². The van der Waals surface area contributed by atoms with Gasteiger partial charge in [-0.2, -0.15) is 0 Å². The molecule has 0 radical (unpaired) electrons. The molecule has 3 unspecified atom stereocenters. The first kappa shape index (κ1) is 26.8. The third-order valence-electron chi connectivity index (χ3n) is 8.29. The number of halogens is 3. The number of fused-ring (bicyclic) bond motifs is 2. The Bertz CT molecular complexity index is 1510. The van der Waals surface area contributed by atoms with Gasteiger partial charge in [0, 0.05) is 22.9 Å². The summed E-state index contributed by atoms with van der Waals surface area (Å²) in [6.45, 7) is 3.82. The van der Waals surface area contributed by atoms with Gasteiger partial charge in [0.2, 0.25) is 0 Å². The maximum absolute atomic E-state index is 14.5. The van der Waals surface area contributed by atoms with E-state index in [-0.39, 0.29) is 44.5 Å². The van der Waals surface area contributed by atoms with E-state index in [0.29, 0.717) is 18.4 Å². The van der Waals surface area contributed by atoms with Gasteiger partial charge in [-0.05, 0) is 73.8 Å². The summed E-state index contributed by atoms with van der Waals surface area (Å²) in [5, 5.41) is 12.7. The molecule has 9 heteroatoms. The topological polar surface area (TPSA) is 83.5 Å². The van der Waals surface area contributed by atoms with Gasteiger partial charge < -0.3 is 10.4 Å². The van der Waals surface area contributed by atoms with E-state index in [1.54, 1.807) is 37.3 Å². The zero-order chi connectivity index (χ0) is 27.4. The molecule has 38 heavy (non-hydrogen) atoms. The number of aliphatic hydroxyl groups is 1. The Hall–Kier alpha value is -2.81. The van der Waals surface area contributed by atoms with Crippen molar-refractivity contribution < 1.29 is 27.1 Å². The van der Waals surface area contributed by atoms with Crippen LogP contribution in [0.3, 0.4) is 0 Å². The van der Waals surface area contributed by atoms with Crippen molar-refractivity contribution in [2.24, 2.45) is 17.8 Å². The molecule has 0 aromatic heterocycles. The molecular formula is C29H28ClF2NO4S. The Kier molecular flexibility index (Phi) is 6.86. The summed E-state index contributed by atoms with van der Waals surface area (Å²) in [6.07, 6.45) is 1.40. The van der Waals surface area contributed by atoms with Crippen LogP contribution in [0.15, 0.2) is 65.6 Å². The van der Waals surface area contributed by atoms with Gasteiger partial charge in [0.15, 0.2) is 21.5 Å². The lowest BCUT2D eigenvalue weighted by atomic mass is 9.74. The lowest BCUT2D eigenvalue weighted by Crippen LogP contribution is -2.46. The van der Waals surface area contributed by atoms with Gasteiger partial charge in [-0.3, -0.25) is 4.79 Å². The molecule has 0 heterocycles. The summed E-state index contributed by atoms with van der Waals surface area (Å²) in [6, 6.07) is 14.5. The van der Waals surface area contributed by atoms with Gasteiger partial charge in [-0.15, -0.1) is 0 Å². The summed E-state index contributed by atoms with van der Waals surface area (Å²) in [4.78, 5) is 12.9. The first-order valence-corrected chi connectivity index (χ1v) is 14.4. The smallest absolute Gasteiger partial charge is 0.255 e. The Morgan fingerprint density at radius 3 is 2.45 bits per heavy atom. The van der Waals surface area contributed by atoms with E-state index in [1.807, 2.05) is 6.92 Å². The fourth-order valence-corrected chi connectivity index (χ4v) is 8.60. The Labute approximate surface area is 225 Å². The van der Waals surface area contributed by atoms with E-state index in [0.717, 1.165) is 12.5 Å². The molecule has 5 rings (SSSR count). The molecule has 5 nitrogen and oxygen atoms in total. The average molecular weight is 560 g/mol. The highest BCUT2D eigenvalue weighted by Gasteiger charge is 2.56. The molecule has 0 aliphatic heterocycles. The fourth-order valence-electron chi connectivity index (χ4n) is 6.22. The monoisotopic (exact) mass is 559 g/mol. The minimum Gasteiger partial charge on any atom is -0.390 e. The summed E-state index contributed by atoms with van der Waals surface area (Å²) >= 11 is 6.31. The van der Waals surface area contributed by atoms with Crippen LogP contribution in [-0.4, -0.2) is 30.3 Å². The Morgan fingerprint density at radius 1 is 1.05 bits per heavy atom. The summed E-state index contributed by atoms with van der Waals surface area (Å²) in [5.74, 6) is -2.92. The predicted molar refractivity (Wildman–Crippen MR) is 143 cm³/mol. The van der Waals surface area contributed by atoms with Crippen LogP contribution in [0, 0.1) is 29.4 Å². The van der Waals surface area contributed by atoms with Gasteiger partial charge in [-0.1, -0.05) is 48.9 Å². The van der Waals surface area contributed by atoms with Gasteiger partial charge in [0.05, 0.1) is 20.8 Å². The Balaban J connectivity index is 1.42. The minimum atomic E-state index is -3.91. The molecule has 3 aromatic rings. The van der Waals surface area contributed by atoms with Crippen molar-refractivity contribution in [2.75, 3.05) is 5.32 Å². The molecule has 5 atom stereocenters. The molecule has 2 aliphatic carbocycles. The number of benzene rings is 3. The van der Waals surface area contributed by atoms with Crippen molar-refractivity contribution in [1.29, 1.82) is 0 Å². The highest BCUT2D eigenvalue weighted by atomic mass is 35.5. The standard InChI is InChI=1S/C29H28ClF2NO4S/c1-16-10-19-12-21(15-23(16)29(19,2)35)38(36,37)26-11-18(8-9-24(26)30)28(34)33-20-13-22(27(32)25(31)14-20)17-6-4-3-5-7-17/h3-9,11,13-14,16,19,21,23,35H,10,12,15H2,1-2H3,(H,33,34)/t16-,19?,21?,23?,29+/m0/s1. The van der Waals surface area contributed by atoms with Crippen molar-refractivity contribution in [3.8, 4) is 11.1 Å². The molecule has 2 fully saturated rings. The second kappa shape index (κ2) is 9.74. The van der Waals surface area contributed by atoms with Gasteiger partial charge in [0.25, 0.3) is 5.91 Å². The molecule has 200 valence electrons. The number of hydrogen-bond acceptors (Lipinski definition) is 4. The van der Waals surface area contributed by atoms with Crippen molar-refractivity contribution in [1.82, 2.24) is 0 Å². The van der Waals surface area contributed by atoms with Crippen LogP contribution in [-0.2, 0) is 9.84 Å². The van der Waals surface area contributed by atoms with Crippen molar-refractivity contribution in [2.45, 2.75) is 48.9 Å². The molecule has 0 spiro atoms. The van der Waals surface area contributed by atoms with E-state index in [2.05, 4.69) is 5.32 Å². The third kappa shape index (κ3) is 4.63. The average Bonchev–Trinajstić information content (AvgIpc) is 2.99. The minimum absolute atomic E-state index is 0.00142. The molecule has 3 aromatic carbocycles. The highest BCUT2D eigenvalue weighted by molar-refractivity contribution is 7.92. The SMILES string of the molecule is C[C@H]1CC2CC(S(=O)(=O)c3cc(C(=O)Nc4cc(F)c(F)c(-c5ccccc5)c4)ccc3Cl)CC1[C@]2(C)O. The van der Waals surface area contributed by atoms with Crippen LogP contribution < -0.4 is 5.32 Å². The molecule has 2 bridgehead atoms. The van der Waals surface area contributed by atoms with Gasteiger partial charge in [-0.25, -0.2) is 17.2 Å². The number of amides is 1. The maximum atomic E-state index is 14.5. The van der Waals surface area contributed by atoms with E-state index < -0.39 is 38.2 Å². The van der Waals surface area contributed by atoms with E-state index in [1.165, 1.54) is 24.3 Å². The predicted octanol–water partition coefficient (Wildman–Crippen LogP) is 6.50. The molecule has 2 saturated carbocycles. The number of rotatable bonds is 5. The van der Waals surface area contributed by atoms with Gasteiger partial charge in [0.1, 0.15) is 0 Å². The van der Waals surface area contributed by atoms with Crippen molar-refractivity contribution in [3.05, 3.63) is 82.9 Å². The van der Waals surface area contributed by atoms with Crippen molar-refractivity contribution in [3.63, 3.8) is 0 Å². The first-order chi connectivity index (χ1) is 17.9. The summed E-state index contributed by atoms with van der Waals surface area (Å²) < 4.78 is 56.2. The zero-order valence-corrected chi connectivity index (χ0v) is 22.5. The lowest BCUT2D eigenvalue weighted by Gasteiger charge is -2.40. The second-order valence-corrected chi connectivity index (χ2v) is 13.3. The second-order valence-electron chi connectivity index (χ2n) is 10.7. The highest BCUT2D eigenvalue weighted by Crippen LogP contribution is 2.54. The van der Waals surface area contributed by atoms with E-state index >= 15 is 0 Å². The largest absolute Gasteiger partial charge is 0.390 e. The molecule has 2 N–H and O–H groups in total. The van der Waals surface area contributed by atoms with Gasteiger partial charge >= 0.3 is 0 Å². The molecular weight excluding hydrogens is 532 g/mol. The van der Waals surface area contributed by atoms with Crippen LogP contribution in [0.25, 0.3) is 11.1 Å². The quantitative estimate of drug-likeness (QED) is 0.374. The first-order valence-electron chi connectivity index (χ1n) is 12.5. The Morgan fingerprint density at radius 2 is 1.76 bits per heavy atom. The number of carbonyl (C=O) groups excluding carboxylic acids is 1. The van der Waals surface area contributed by atoms with Crippen LogP contribution in [0.5, 0.6) is 0 Å². The number of sulfone groups is 1. The number of anilines is 1. The molecule has 1 amide bonds. The zero-order valence-electron chi connectivity index (χ0n) is 20.9. The third-order valence-corrected chi connectivity index (χ3v) is 10.9. The number of hydrogen-bond donors (Lipinski definition) is 2. The van der Waals surface area contributed by atoms with Crippen LogP contribution in [0.4, 0.5) is 14.5 Å². The normalized spacial score (nSPS) is 26.8.